The van der Waals surface area contributed by atoms with Crippen molar-refractivity contribution in [2.75, 3.05) is 18.0 Å². The van der Waals surface area contributed by atoms with E-state index in [0.717, 1.165) is 24.8 Å². The zero-order chi connectivity index (χ0) is 11.5. The first-order valence-corrected chi connectivity index (χ1v) is 6.35. The largest absolute Gasteiger partial charge is 0.355 e. The number of halogens is 2. The van der Waals surface area contributed by atoms with Crippen molar-refractivity contribution in [2.45, 2.75) is 26.2 Å². The third kappa shape index (κ3) is 2.77. The highest BCUT2D eigenvalue weighted by Gasteiger charge is 2.17. The average molecular weight is 260 g/mol. The average Bonchev–Trinajstić information content (AvgIpc) is 2.47. The van der Waals surface area contributed by atoms with Crippen LogP contribution in [-0.2, 0) is 0 Å². The molecule has 5 heteroatoms. The molecule has 0 aliphatic carbocycles. The molecule has 1 saturated heterocycles. The summed E-state index contributed by atoms with van der Waals surface area (Å²) in [6.45, 7) is 4.28. The Morgan fingerprint density at radius 3 is 2.94 bits per heavy atom. The Morgan fingerprint density at radius 2 is 2.12 bits per heavy atom. The first kappa shape index (κ1) is 11.9. The van der Waals surface area contributed by atoms with E-state index < -0.39 is 0 Å². The van der Waals surface area contributed by atoms with Gasteiger partial charge in [0.1, 0.15) is 5.02 Å². The third-order valence-corrected chi connectivity index (χ3v) is 3.46. The minimum atomic E-state index is 0.261. The van der Waals surface area contributed by atoms with Gasteiger partial charge in [0.25, 0.3) is 0 Å². The van der Waals surface area contributed by atoms with Crippen molar-refractivity contribution in [3.05, 3.63) is 16.5 Å². The quantitative estimate of drug-likeness (QED) is 0.724. The van der Waals surface area contributed by atoms with Crippen molar-refractivity contribution in [1.82, 2.24) is 9.97 Å². The molecular weight excluding hydrogens is 245 g/mol. The van der Waals surface area contributed by atoms with Gasteiger partial charge in [-0.05, 0) is 36.8 Å². The molecule has 0 saturated carbocycles. The lowest BCUT2D eigenvalue weighted by Crippen LogP contribution is -2.25. The molecule has 1 aliphatic rings. The molecule has 88 valence electrons. The zero-order valence-electron chi connectivity index (χ0n) is 9.29. The normalized spacial score (nSPS) is 21.9. The Hall–Kier alpha value is -0.540. The predicted octanol–water partition coefficient (Wildman–Crippen LogP) is 3.41. The summed E-state index contributed by atoms with van der Waals surface area (Å²) >= 11 is 11.9. The number of rotatable bonds is 1. The molecule has 1 unspecified atom stereocenters. The van der Waals surface area contributed by atoms with E-state index in [9.17, 15) is 0 Å². The molecule has 0 amide bonds. The summed E-state index contributed by atoms with van der Waals surface area (Å²) in [4.78, 5) is 10.3. The molecule has 2 rings (SSSR count). The van der Waals surface area contributed by atoms with Gasteiger partial charge in [0.15, 0.2) is 5.82 Å². The number of nitrogens with zero attached hydrogens (tertiary/aromatic N) is 3. The van der Waals surface area contributed by atoms with Crippen molar-refractivity contribution < 1.29 is 0 Å². The van der Waals surface area contributed by atoms with Crippen LogP contribution in [0.1, 0.15) is 26.2 Å². The van der Waals surface area contributed by atoms with E-state index in [0.29, 0.717) is 5.02 Å². The highest BCUT2D eigenvalue weighted by atomic mass is 35.5. The van der Waals surface area contributed by atoms with Gasteiger partial charge in [-0.3, -0.25) is 0 Å². The number of anilines is 1. The van der Waals surface area contributed by atoms with Crippen molar-refractivity contribution in [2.24, 2.45) is 5.92 Å². The van der Waals surface area contributed by atoms with Gasteiger partial charge in [0.05, 0.1) is 6.20 Å². The monoisotopic (exact) mass is 259 g/mol. The van der Waals surface area contributed by atoms with Crippen molar-refractivity contribution in [3.8, 4) is 0 Å². The molecule has 1 fully saturated rings. The molecular formula is C11H15Cl2N3. The summed E-state index contributed by atoms with van der Waals surface area (Å²) < 4.78 is 0. The van der Waals surface area contributed by atoms with Gasteiger partial charge >= 0.3 is 0 Å². The smallest absolute Gasteiger partial charge is 0.224 e. The fourth-order valence-electron chi connectivity index (χ4n) is 2.03. The van der Waals surface area contributed by atoms with Crippen LogP contribution in [-0.4, -0.2) is 23.1 Å². The second-order valence-electron chi connectivity index (χ2n) is 4.33. The molecule has 0 aromatic carbocycles. The number of hydrogen-bond acceptors (Lipinski definition) is 3. The van der Waals surface area contributed by atoms with Gasteiger partial charge in [-0.1, -0.05) is 18.5 Å². The standard InChI is InChI=1S/C11H15Cl2N3/c1-8-3-2-5-16(6-4-8)10-9(12)7-14-11(13)15-10/h7-8H,2-6H2,1H3. The molecule has 1 aromatic rings. The molecule has 1 aromatic heterocycles. The van der Waals surface area contributed by atoms with Crippen LogP contribution in [0.5, 0.6) is 0 Å². The molecule has 0 radical (unpaired) electrons. The van der Waals surface area contributed by atoms with Crippen molar-refractivity contribution >= 4 is 29.0 Å². The van der Waals surface area contributed by atoms with Crippen LogP contribution in [0.15, 0.2) is 6.20 Å². The van der Waals surface area contributed by atoms with Gasteiger partial charge in [-0.2, -0.15) is 4.98 Å². The first-order chi connectivity index (χ1) is 7.66. The molecule has 3 nitrogen and oxygen atoms in total. The molecule has 1 atom stereocenters. The van der Waals surface area contributed by atoms with E-state index in [4.69, 9.17) is 23.2 Å². The van der Waals surface area contributed by atoms with Gasteiger partial charge in [-0.25, -0.2) is 4.98 Å². The Bertz CT molecular complexity index is 370. The summed E-state index contributed by atoms with van der Waals surface area (Å²) in [5.41, 5.74) is 0. The lowest BCUT2D eigenvalue weighted by Gasteiger charge is -2.22. The van der Waals surface area contributed by atoms with Crippen LogP contribution in [0.2, 0.25) is 10.3 Å². The number of aromatic nitrogens is 2. The maximum atomic E-state index is 6.09. The van der Waals surface area contributed by atoms with Crippen LogP contribution in [0, 0.1) is 5.92 Å². The van der Waals surface area contributed by atoms with Crippen molar-refractivity contribution in [1.29, 1.82) is 0 Å². The SMILES string of the molecule is CC1CCCN(c2nc(Cl)ncc2Cl)CC1. The lowest BCUT2D eigenvalue weighted by molar-refractivity contribution is 0.521. The van der Waals surface area contributed by atoms with E-state index in [1.165, 1.54) is 19.3 Å². The summed E-state index contributed by atoms with van der Waals surface area (Å²) in [5.74, 6) is 1.55. The van der Waals surface area contributed by atoms with Crippen LogP contribution in [0.3, 0.4) is 0 Å². The molecule has 0 spiro atoms. The predicted molar refractivity (Wildman–Crippen MR) is 67.3 cm³/mol. The second-order valence-corrected chi connectivity index (χ2v) is 5.08. The molecule has 1 aliphatic heterocycles. The topological polar surface area (TPSA) is 29.0 Å². The molecule has 16 heavy (non-hydrogen) atoms. The maximum absolute atomic E-state index is 6.09. The van der Waals surface area contributed by atoms with Gasteiger partial charge in [0.2, 0.25) is 5.28 Å². The Kier molecular flexibility index (Phi) is 3.87. The van der Waals surface area contributed by atoms with Crippen LogP contribution >= 0.6 is 23.2 Å². The summed E-state index contributed by atoms with van der Waals surface area (Å²) in [7, 11) is 0. The zero-order valence-corrected chi connectivity index (χ0v) is 10.8. The van der Waals surface area contributed by atoms with Crippen LogP contribution < -0.4 is 4.90 Å². The van der Waals surface area contributed by atoms with E-state index in [1.807, 2.05) is 0 Å². The minimum Gasteiger partial charge on any atom is -0.355 e. The second kappa shape index (κ2) is 5.19. The Morgan fingerprint density at radius 1 is 1.31 bits per heavy atom. The summed E-state index contributed by atoms with van der Waals surface area (Å²) in [5, 5.41) is 0.843. The van der Waals surface area contributed by atoms with E-state index >= 15 is 0 Å². The molecule has 0 N–H and O–H groups in total. The van der Waals surface area contributed by atoms with E-state index in [-0.39, 0.29) is 5.28 Å². The van der Waals surface area contributed by atoms with E-state index in [1.54, 1.807) is 6.20 Å². The summed E-state index contributed by atoms with van der Waals surface area (Å²) in [6, 6.07) is 0. The number of hydrogen-bond donors (Lipinski definition) is 0. The van der Waals surface area contributed by atoms with Gasteiger partial charge < -0.3 is 4.90 Å². The van der Waals surface area contributed by atoms with Gasteiger partial charge in [-0.15, -0.1) is 0 Å². The highest BCUT2D eigenvalue weighted by Crippen LogP contribution is 2.27. The highest BCUT2D eigenvalue weighted by molar-refractivity contribution is 6.33. The lowest BCUT2D eigenvalue weighted by atomic mass is 10.0. The van der Waals surface area contributed by atoms with Crippen molar-refractivity contribution in [3.63, 3.8) is 0 Å². The molecule has 2 heterocycles. The minimum absolute atomic E-state index is 0.261. The van der Waals surface area contributed by atoms with Crippen LogP contribution in [0.25, 0.3) is 0 Å². The maximum Gasteiger partial charge on any atom is 0.224 e. The Labute approximate surface area is 106 Å². The fraction of sp³-hybridized carbons (Fsp3) is 0.636. The molecule has 0 bridgehead atoms. The summed E-state index contributed by atoms with van der Waals surface area (Å²) in [6.07, 6.45) is 5.20. The fourth-order valence-corrected chi connectivity index (χ4v) is 2.37. The Balaban J connectivity index is 2.19. The first-order valence-electron chi connectivity index (χ1n) is 5.60. The van der Waals surface area contributed by atoms with E-state index in [2.05, 4.69) is 21.8 Å². The third-order valence-electron chi connectivity index (χ3n) is 3.01. The van der Waals surface area contributed by atoms with Gasteiger partial charge in [0, 0.05) is 13.1 Å². The van der Waals surface area contributed by atoms with Crippen LogP contribution in [0.4, 0.5) is 5.82 Å².